The first-order chi connectivity index (χ1) is 15.3. The molecule has 0 saturated carbocycles. The van der Waals surface area contributed by atoms with Gasteiger partial charge < -0.3 is 4.74 Å². The van der Waals surface area contributed by atoms with E-state index in [1.54, 1.807) is 0 Å². The lowest BCUT2D eigenvalue weighted by Crippen LogP contribution is -2.28. The van der Waals surface area contributed by atoms with Crippen molar-refractivity contribution in [2.45, 2.75) is 33.7 Å². The van der Waals surface area contributed by atoms with Gasteiger partial charge >= 0.3 is 0 Å². The molecule has 0 spiro atoms. The average Bonchev–Trinajstić information content (AvgIpc) is 2.78. The Morgan fingerprint density at radius 1 is 1.09 bits per heavy atom. The Balaban J connectivity index is 0.000000751. The van der Waals surface area contributed by atoms with Crippen molar-refractivity contribution in [1.29, 1.82) is 0 Å². The number of hydroxylamine groups is 1. The van der Waals surface area contributed by atoms with Crippen molar-refractivity contribution in [3.63, 3.8) is 0 Å². The van der Waals surface area contributed by atoms with Crippen molar-refractivity contribution in [2.75, 3.05) is 19.7 Å². The molecule has 0 bridgehead atoms. The third-order valence-corrected chi connectivity index (χ3v) is 4.83. The van der Waals surface area contributed by atoms with Gasteiger partial charge in [0.2, 0.25) is 0 Å². The zero-order chi connectivity index (χ0) is 23.9. The summed E-state index contributed by atoms with van der Waals surface area (Å²) in [7, 11) is 0. The maximum absolute atomic E-state index is 9.70. The summed E-state index contributed by atoms with van der Waals surface area (Å²) in [6, 6.07) is 17.2. The van der Waals surface area contributed by atoms with Crippen molar-refractivity contribution in [3.05, 3.63) is 102 Å². The van der Waals surface area contributed by atoms with Gasteiger partial charge in [0.1, 0.15) is 6.61 Å². The van der Waals surface area contributed by atoms with E-state index in [0.29, 0.717) is 6.61 Å². The minimum atomic E-state index is -0.588. The van der Waals surface area contributed by atoms with Gasteiger partial charge in [-0.1, -0.05) is 73.8 Å². The maximum atomic E-state index is 9.70. The number of carbonyl (C=O) groups excluding carboxylic acids is 1. The Morgan fingerprint density at radius 3 is 2.28 bits per heavy atom. The van der Waals surface area contributed by atoms with Gasteiger partial charge in [-0.2, -0.15) is 0 Å². The highest BCUT2D eigenvalue weighted by Gasteiger charge is 2.09. The molecule has 0 aromatic heterocycles. The Morgan fingerprint density at radius 2 is 1.75 bits per heavy atom. The zero-order valence-electron chi connectivity index (χ0n) is 19.6. The normalized spacial score (nSPS) is 10.0. The van der Waals surface area contributed by atoms with E-state index in [9.17, 15) is 4.79 Å². The van der Waals surface area contributed by atoms with Crippen molar-refractivity contribution in [3.8, 4) is 0 Å². The summed E-state index contributed by atoms with van der Waals surface area (Å²) in [5.41, 5.74) is 7.72. The summed E-state index contributed by atoms with van der Waals surface area (Å²) in [4.78, 5) is 12.1. The van der Waals surface area contributed by atoms with Crippen LogP contribution in [-0.2, 0) is 16.1 Å². The molecule has 0 aliphatic heterocycles. The second-order valence-corrected chi connectivity index (χ2v) is 7.66. The number of allylic oxidation sites excluding steroid dienone is 1. The molecular weight excluding hydrogens is 400 g/mol. The second-order valence-electron chi connectivity index (χ2n) is 7.66. The Bertz CT molecular complexity index is 888. The quantitative estimate of drug-likeness (QED) is 0.213. The lowest BCUT2D eigenvalue weighted by atomic mass is 9.99. The third kappa shape index (κ3) is 10.8. The van der Waals surface area contributed by atoms with Gasteiger partial charge in [0.15, 0.2) is 0 Å². The van der Waals surface area contributed by atoms with Crippen LogP contribution in [0.1, 0.15) is 35.6 Å². The summed E-state index contributed by atoms with van der Waals surface area (Å²) in [5.74, 6) is 0.180. The zero-order valence-corrected chi connectivity index (χ0v) is 19.6. The molecule has 0 heterocycles. The minimum absolute atomic E-state index is 0.588. The van der Waals surface area contributed by atoms with Gasteiger partial charge in [0.05, 0.1) is 5.76 Å². The van der Waals surface area contributed by atoms with E-state index in [2.05, 4.69) is 87.0 Å². The van der Waals surface area contributed by atoms with Gasteiger partial charge in [-0.15, -0.1) is 0 Å². The lowest BCUT2D eigenvalue weighted by Gasteiger charge is -2.23. The number of benzene rings is 2. The Kier molecular flexibility index (Phi) is 12.4. The molecule has 172 valence electrons. The molecule has 2 N–H and O–H groups in total. The van der Waals surface area contributed by atoms with E-state index in [0.717, 1.165) is 37.9 Å². The second kappa shape index (κ2) is 14.8. The molecule has 32 heavy (non-hydrogen) atoms. The highest BCUT2D eigenvalue weighted by molar-refractivity contribution is 5.85. The van der Waals surface area contributed by atoms with Gasteiger partial charge in [-0.3, -0.25) is 14.9 Å². The summed E-state index contributed by atoms with van der Waals surface area (Å²) in [6.07, 6.45) is 1.92. The predicted molar refractivity (Wildman–Crippen MR) is 132 cm³/mol. The molecule has 0 saturated heterocycles. The molecule has 0 aliphatic carbocycles. The molecule has 2 rings (SSSR count). The van der Waals surface area contributed by atoms with Crippen LogP contribution in [0, 0.1) is 13.8 Å². The smallest absolute Gasteiger partial charge is 0.266 e. The molecule has 0 atom stereocenters. The molecule has 1 amide bonds. The maximum Gasteiger partial charge on any atom is 0.266 e. The molecule has 2 aromatic carbocycles. The number of nitrogens with zero attached hydrogens (tertiary/aromatic N) is 1. The van der Waals surface area contributed by atoms with Gasteiger partial charge in [0, 0.05) is 19.6 Å². The fourth-order valence-electron chi connectivity index (χ4n) is 3.01. The number of nitrogens with one attached hydrogen (secondary N) is 1. The number of ether oxygens (including phenoxy) is 1. The number of aryl methyl sites for hydroxylation is 2. The molecule has 0 radical (unpaired) electrons. The van der Waals surface area contributed by atoms with Crippen LogP contribution in [0.4, 0.5) is 0 Å². The van der Waals surface area contributed by atoms with Crippen molar-refractivity contribution < 1.29 is 14.7 Å². The SMILES string of the molecule is C=C(C)OCCN(CCC(=C)c1ccccc1C)Cc1ccc(C)cc1.C=CC(=O)NO. The first-order valence-corrected chi connectivity index (χ1v) is 10.6. The van der Waals surface area contributed by atoms with Crippen LogP contribution in [0.3, 0.4) is 0 Å². The van der Waals surface area contributed by atoms with E-state index in [4.69, 9.17) is 9.94 Å². The highest BCUT2D eigenvalue weighted by Crippen LogP contribution is 2.20. The molecule has 0 fully saturated rings. The van der Waals surface area contributed by atoms with E-state index >= 15 is 0 Å². The van der Waals surface area contributed by atoms with E-state index in [1.807, 2.05) is 6.92 Å². The number of hydrogen-bond acceptors (Lipinski definition) is 4. The van der Waals surface area contributed by atoms with Crippen molar-refractivity contribution >= 4 is 11.5 Å². The van der Waals surface area contributed by atoms with E-state index < -0.39 is 5.91 Å². The highest BCUT2D eigenvalue weighted by atomic mass is 16.5. The first-order valence-electron chi connectivity index (χ1n) is 10.6. The van der Waals surface area contributed by atoms with Gasteiger partial charge in [-0.05, 0) is 55.5 Å². The number of amides is 1. The molecule has 5 nitrogen and oxygen atoms in total. The summed E-state index contributed by atoms with van der Waals surface area (Å²) in [5, 5.41) is 7.66. The topological polar surface area (TPSA) is 61.8 Å². The van der Waals surface area contributed by atoms with Crippen LogP contribution in [0.2, 0.25) is 0 Å². The number of rotatable bonds is 11. The minimum Gasteiger partial charge on any atom is -0.498 e. The van der Waals surface area contributed by atoms with Gasteiger partial charge in [-0.25, -0.2) is 5.48 Å². The molecule has 2 aromatic rings. The van der Waals surface area contributed by atoms with Crippen LogP contribution in [-0.4, -0.2) is 35.7 Å². The van der Waals surface area contributed by atoms with E-state index in [1.165, 1.54) is 33.3 Å². The lowest BCUT2D eigenvalue weighted by molar-refractivity contribution is -0.124. The molecular formula is C27H36N2O3. The summed E-state index contributed by atoms with van der Waals surface area (Å²) in [6.45, 7) is 20.8. The standard InChI is InChI=1S/C24H31NO.C3H5NO2/c1-19(2)26-17-16-25(18-23-12-10-20(3)11-13-23)15-14-22(5)24-9-7-6-8-21(24)4;1-2-3(5)4-6/h6-13H,1,5,14-18H2,2-4H3;2,6H,1H2,(H,4,5). The largest absolute Gasteiger partial charge is 0.498 e. The number of carbonyl (C=O) groups is 1. The third-order valence-electron chi connectivity index (χ3n) is 4.83. The monoisotopic (exact) mass is 436 g/mol. The summed E-state index contributed by atoms with van der Waals surface area (Å²) < 4.78 is 5.58. The van der Waals surface area contributed by atoms with Crippen LogP contribution in [0.5, 0.6) is 0 Å². The van der Waals surface area contributed by atoms with Crippen molar-refractivity contribution in [1.82, 2.24) is 10.4 Å². The van der Waals surface area contributed by atoms with Crippen LogP contribution in [0.15, 0.2) is 80.1 Å². The number of hydrogen-bond donors (Lipinski definition) is 2. The predicted octanol–water partition coefficient (Wildman–Crippen LogP) is 5.44. The first kappa shape index (κ1) is 26.9. The van der Waals surface area contributed by atoms with E-state index in [-0.39, 0.29) is 0 Å². The van der Waals surface area contributed by atoms with Crippen molar-refractivity contribution in [2.24, 2.45) is 0 Å². The average molecular weight is 437 g/mol. The Labute approximate surface area is 192 Å². The van der Waals surface area contributed by atoms with Crippen LogP contribution in [0.25, 0.3) is 5.57 Å². The molecule has 0 unspecified atom stereocenters. The molecule has 0 aliphatic rings. The molecule has 5 heteroatoms. The van der Waals surface area contributed by atoms with Crippen LogP contribution >= 0.6 is 0 Å². The fraction of sp³-hybridized carbons (Fsp3) is 0.296. The fourth-order valence-corrected chi connectivity index (χ4v) is 3.01. The van der Waals surface area contributed by atoms with Gasteiger partial charge in [0.25, 0.3) is 5.91 Å². The summed E-state index contributed by atoms with van der Waals surface area (Å²) >= 11 is 0. The van der Waals surface area contributed by atoms with Crippen LogP contribution < -0.4 is 5.48 Å². The Hall–Kier alpha value is -3.15.